The average Bonchev–Trinajstić information content (AvgIpc) is 3.62. The highest BCUT2D eigenvalue weighted by molar-refractivity contribution is 5.98. The first-order chi connectivity index (χ1) is 20.2. The summed E-state index contributed by atoms with van der Waals surface area (Å²) in [6.45, 7) is 2.20. The van der Waals surface area contributed by atoms with Crippen LogP contribution in [-0.2, 0) is 5.41 Å². The molecular formula is C38H30N2O. The standard InChI is InChI=1S/C38H30N2O/c1-24-14-12-21-28-32-31(25-15-6-3-7-16-25)34-33-29(22-13-23-30(33)41-2)39-37(34)38(36(32)40-35(24)28,26-17-8-4-9-18-26)27-19-10-5-11-20-27/h3-23,31,39-40H,1-2H3. The minimum Gasteiger partial charge on any atom is -0.496 e. The van der Waals surface area contributed by atoms with Crippen LogP contribution in [0, 0.1) is 6.92 Å². The molecule has 0 amide bonds. The molecule has 2 aromatic heterocycles. The molecule has 1 atom stereocenters. The summed E-state index contributed by atoms with van der Waals surface area (Å²) in [6.07, 6.45) is 0. The highest BCUT2D eigenvalue weighted by Gasteiger charge is 2.51. The Morgan fingerprint density at radius 1 is 0.610 bits per heavy atom. The van der Waals surface area contributed by atoms with Crippen molar-refractivity contribution in [2.24, 2.45) is 0 Å². The highest BCUT2D eigenvalue weighted by Crippen LogP contribution is 2.59. The zero-order valence-corrected chi connectivity index (χ0v) is 23.1. The molecule has 7 aromatic rings. The van der Waals surface area contributed by atoms with E-state index in [9.17, 15) is 0 Å². The number of para-hydroxylation sites is 1. The molecule has 1 aliphatic rings. The Labute approximate surface area is 239 Å². The van der Waals surface area contributed by atoms with Crippen molar-refractivity contribution in [2.75, 3.05) is 7.11 Å². The summed E-state index contributed by atoms with van der Waals surface area (Å²) in [7, 11) is 1.77. The molecule has 0 saturated carbocycles. The lowest BCUT2D eigenvalue weighted by molar-refractivity contribution is 0.419. The van der Waals surface area contributed by atoms with E-state index >= 15 is 0 Å². The average molecular weight is 531 g/mol. The number of hydrogen-bond acceptors (Lipinski definition) is 1. The van der Waals surface area contributed by atoms with Crippen LogP contribution in [-0.4, -0.2) is 17.1 Å². The normalized spacial score (nSPS) is 15.5. The fourth-order valence-corrected chi connectivity index (χ4v) is 7.34. The van der Waals surface area contributed by atoms with Gasteiger partial charge in [-0.1, -0.05) is 115 Å². The lowest BCUT2D eigenvalue weighted by atomic mass is 9.61. The second-order valence-electron chi connectivity index (χ2n) is 11.0. The Morgan fingerprint density at radius 3 is 1.88 bits per heavy atom. The Bertz CT molecular complexity index is 2000. The van der Waals surface area contributed by atoms with Crippen LogP contribution in [0.15, 0.2) is 127 Å². The van der Waals surface area contributed by atoms with Crippen molar-refractivity contribution in [1.82, 2.24) is 9.97 Å². The van der Waals surface area contributed by atoms with E-state index in [1.807, 2.05) is 0 Å². The first-order valence-electron chi connectivity index (χ1n) is 14.2. The molecule has 3 heteroatoms. The van der Waals surface area contributed by atoms with Crippen LogP contribution < -0.4 is 4.74 Å². The zero-order valence-electron chi connectivity index (χ0n) is 23.1. The first-order valence-corrected chi connectivity index (χ1v) is 14.2. The number of aryl methyl sites for hydroxylation is 1. The third-order valence-corrected chi connectivity index (χ3v) is 9.00. The molecule has 198 valence electrons. The number of aromatic nitrogens is 2. The van der Waals surface area contributed by atoms with Crippen molar-refractivity contribution in [2.45, 2.75) is 18.3 Å². The summed E-state index contributed by atoms with van der Waals surface area (Å²) in [4.78, 5) is 8.01. The van der Waals surface area contributed by atoms with Crippen molar-refractivity contribution in [1.29, 1.82) is 0 Å². The SMILES string of the molecule is COc1cccc2[nH]c3c(c12)C(c1ccccc1)c1c([nH]c2c(C)cccc12)C3(c1ccccc1)c1ccccc1. The largest absolute Gasteiger partial charge is 0.496 e. The van der Waals surface area contributed by atoms with E-state index in [2.05, 4.69) is 144 Å². The van der Waals surface area contributed by atoms with Crippen LogP contribution in [0.1, 0.15) is 50.7 Å². The predicted molar refractivity (Wildman–Crippen MR) is 167 cm³/mol. The maximum Gasteiger partial charge on any atom is 0.128 e. The summed E-state index contributed by atoms with van der Waals surface area (Å²) < 4.78 is 6.06. The van der Waals surface area contributed by atoms with E-state index in [4.69, 9.17) is 4.74 Å². The molecule has 2 heterocycles. The van der Waals surface area contributed by atoms with Gasteiger partial charge >= 0.3 is 0 Å². The molecule has 1 unspecified atom stereocenters. The smallest absolute Gasteiger partial charge is 0.128 e. The maximum absolute atomic E-state index is 6.06. The number of ether oxygens (including phenoxy) is 1. The lowest BCUT2D eigenvalue weighted by Crippen LogP contribution is -2.37. The van der Waals surface area contributed by atoms with E-state index in [0.717, 1.165) is 16.7 Å². The number of benzene rings is 5. The van der Waals surface area contributed by atoms with Gasteiger partial charge in [-0.25, -0.2) is 0 Å². The number of methoxy groups -OCH3 is 1. The van der Waals surface area contributed by atoms with Crippen LogP contribution in [0.25, 0.3) is 21.8 Å². The Morgan fingerprint density at radius 2 is 1.22 bits per heavy atom. The molecule has 41 heavy (non-hydrogen) atoms. The quantitative estimate of drug-likeness (QED) is 0.234. The summed E-state index contributed by atoms with van der Waals surface area (Å²) >= 11 is 0. The van der Waals surface area contributed by atoms with Gasteiger partial charge in [-0.15, -0.1) is 0 Å². The molecule has 0 radical (unpaired) electrons. The number of nitrogens with one attached hydrogen (secondary N) is 2. The van der Waals surface area contributed by atoms with Gasteiger partial charge in [0.1, 0.15) is 11.2 Å². The van der Waals surface area contributed by atoms with Gasteiger partial charge in [-0.05, 0) is 52.4 Å². The molecule has 5 aromatic carbocycles. The number of aromatic amines is 2. The van der Waals surface area contributed by atoms with Gasteiger partial charge in [0, 0.05) is 39.1 Å². The van der Waals surface area contributed by atoms with Crippen LogP contribution in [0.4, 0.5) is 0 Å². The van der Waals surface area contributed by atoms with Crippen molar-refractivity contribution >= 4 is 21.8 Å². The van der Waals surface area contributed by atoms with E-state index < -0.39 is 5.41 Å². The minimum atomic E-state index is -0.603. The van der Waals surface area contributed by atoms with Crippen molar-refractivity contribution < 1.29 is 4.74 Å². The summed E-state index contributed by atoms with van der Waals surface area (Å²) in [5, 5.41) is 2.41. The monoisotopic (exact) mass is 530 g/mol. The van der Waals surface area contributed by atoms with Crippen LogP contribution in [0.2, 0.25) is 0 Å². The Hall–Kier alpha value is -5.02. The van der Waals surface area contributed by atoms with Crippen molar-refractivity contribution in [3.05, 3.63) is 172 Å². The minimum absolute atomic E-state index is 0.00218. The Balaban J connectivity index is 1.66. The second-order valence-corrected chi connectivity index (χ2v) is 11.0. The molecule has 0 aliphatic heterocycles. The molecular weight excluding hydrogens is 500 g/mol. The van der Waals surface area contributed by atoms with Gasteiger partial charge < -0.3 is 14.7 Å². The van der Waals surface area contributed by atoms with E-state index in [0.29, 0.717) is 0 Å². The third-order valence-electron chi connectivity index (χ3n) is 9.00. The fourth-order valence-electron chi connectivity index (χ4n) is 7.34. The molecule has 1 aliphatic carbocycles. The van der Waals surface area contributed by atoms with Gasteiger partial charge in [-0.3, -0.25) is 0 Å². The van der Waals surface area contributed by atoms with E-state index in [-0.39, 0.29) is 5.92 Å². The predicted octanol–water partition coefficient (Wildman–Crippen LogP) is 8.84. The Kier molecular flexibility index (Phi) is 5.23. The zero-order chi connectivity index (χ0) is 27.6. The second kappa shape index (κ2) is 9.00. The molecule has 3 nitrogen and oxygen atoms in total. The van der Waals surface area contributed by atoms with Gasteiger partial charge in [0.25, 0.3) is 0 Å². The topological polar surface area (TPSA) is 40.8 Å². The number of fused-ring (bicyclic) bond motifs is 6. The van der Waals surface area contributed by atoms with Gasteiger partial charge in [0.05, 0.1) is 7.11 Å². The van der Waals surface area contributed by atoms with Crippen LogP contribution in [0.3, 0.4) is 0 Å². The number of rotatable bonds is 4. The molecule has 0 spiro atoms. The van der Waals surface area contributed by atoms with E-state index in [1.165, 1.54) is 55.7 Å². The molecule has 2 N–H and O–H groups in total. The van der Waals surface area contributed by atoms with Gasteiger partial charge in [0.2, 0.25) is 0 Å². The van der Waals surface area contributed by atoms with Crippen LogP contribution in [0.5, 0.6) is 5.75 Å². The molecule has 0 fully saturated rings. The van der Waals surface area contributed by atoms with Gasteiger partial charge in [0.15, 0.2) is 0 Å². The van der Waals surface area contributed by atoms with E-state index in [1.54, 1.807) is 7.11 Å². The van der Waals surface area contributed by atoms with Crippen molar-refractivity contribution in [3.8, 4) is 5.75 Å². The first kappa shape index (κ1) is 23.8. The van der Waals surface area contributed by atoms with Crippen LogP contribution >= 0.6 is 0 Å². The summed E-state index contributed by atoms with van der Waals surface area (Å²) in [6, 6.07) is 45.8. The lowest BCUT2D eigenvalue weighted by Gasteiger charge is -2.41. The molecule has 0 bridgehead atoms. The summed E-state index contributed by atoms with van der Waals surface area (Å²) in [5.41, 5.74) is 11.6. The highest BCUT2D eigenvalue weighted by atomic mass is 16.5. The summed E-state index contributed by atoms with van der Waals surface area (Å²) in [5.74, 6) is 0.887. The number of hydrogen-bond donors (Lipinski definition) is 2. The maximum atomic E-state index is 6.06. The van der Waals surface area contributed by atoms with Gasteiger partial charge in [-0.2, -0.15) is 0 Å². The number of H-pyrrole nitrogens is 2. The molecule has 0 saturated heterocycles. The molecule has 8 rings (SSSR count). The van der Waals surface area contributed by atoms with Crippen molar-refractivity contribution in [3.63, 3.8) is 0 Å². The fraction of sp³-hybridized carbons (Fsp3) is 0.105. The third kappa shape index (κ3) is 3.20.